The Morgan fingerprint density at radius 2 is 1.71 bits per heavy atom. The fraction of sp³-hybridized carbons (Fsp3) is 0.455. The first-order valence-electron chi connectivity index (χ1n) is 5.25. The molecule has 0 heterocycles. The van der Waals surface area contributed by atoms with Crippen LogP contribution in [0.3, 0.4) is 0 Å². The summed E-state index contributed by atoms with van der Waals surface area (Å²) in [5.41, 5.74) is 0.277. The number of rotatable bonds is 6. The molecule has 0 aliphatic rings. The molecule has 1 rings (SSSR count). The van der Waals surface area contributed by atoms with Gasteiger partial charge in [-0.25, -0.2) is 8.78 Å². The number of hydrogen-bond donors (Lipinski definition) is 0. The van der Waals surface area contributed by atoms with E-state index in [1.54, 1.807) is 0 Å². The number of hydrogen-bond acceptors (Lipinski definition) is 2. The molecular weight excluding hydrogens is 313 g/mol. The Kier molecular flexibility index (Phi) is 6.49. The summed E-state index contributed by atoms with van der Waals surface area (Å²) in [5.74, 6) is -0.936. The van der Waals surface area contributed by atoms with Crippen LogP contribution in [0.15, 0.2) is 16.6 Å². The van der Waals surface area contributed by atoms with Crippen LogP contribution in [-0.2, 0) is 15.2 Å². The molecule has 6 heteroatoms. The maximum atomic E-state index is 13.6. The van der Waals surface area contributed by atoms with Gasteiger partial charge >= 0.3 is 0 Å². The summed E-state index contributed by atoms with van der Waals surface area (Å²) in [6, 6.07) is 2.29. The van der Waals surface area contributed by atoms with Crippen molar-refractivity contribution in [2.45, 2.75) is 20.0 Å². The zero-order chi connectivity index (χ0) is 12.8. The maximum Gasteiger partial charge on any atom is 0.175 e. The molecule has 0 saturated carbocycles. The zero-order valence-electron chi connectivity index (χ0n) is 9.67. The summed E-state index contributed by atoms with van der Waals surface area (Å²) < 4.78 is 37.7. The van der Waals surface area contributed by atoms with Crippen molar-refractivity contribution < 1.29 is 17.8 Å². The Labute approximate surface area is 109 Å². The first-order valence-corrected chi connectivity index (χ1v) is 7.40. The molecule has 17 heavy (non-hydrogen) atoms. The Hall–Kier alpha value is -0.0900. The van der Waals surface area contributed by atoms with Crippen LogP contribution >= 0.6 is 24.3 Å². The summed E-state index contributed by atoms with van der Waals surface area (Å²) >= 11 is 2.94. The van der Waals surface area contributed by atoms with Crippen molar-refractivity contribution in [2.75, 3.05) is 13.2 Å². The van der Waals surface area contributed by atoms with E-state index in [1.807, 2.05) is 13.8 Å². The van der Waals surface area contributed by atoms with Crippen LogP contribution < -0.4 is 0 Å². The van der Waals surface area contributed by atoms with Crippen molar-refractivity contribution in [3.63, 3.8) is 0 Å². The zero-order valence-corrected chi connectivity index (χ0v) is 12.2. The van der Waals surface area contributed by atoms with E-state index in [1.165, 1.54) is 6.07 Å². The molecule has 96 valence electrons. The first-order chi connectivity index (χ1) is 8.08. The molecular formula is C11H14BrF2O2P. The highest BCUT2D eigenvalue weighted by atomic mass is 79.9. The molecule has 0 N–H and O–H groups in total. The Bertz CT molecular complexity index is 371. The molecule has 1 aromatic carbocycles. The van der Waals surface area contributed by atoms with Crippen molar-refractivity contribution in [1.82, 2.24) is 0 Å². The second-order valence-electron chi connectivity index (χ2n) is 3.18. The summed E-state index contributed by atoms with van der Waals surface area (Å²) in [6.07, 6.45) is 0.257. The molecule has 2 nitrogen and oxygen atoms in total. The van der Waals surface area contributed by atoms with E-state index in [0.717, 1.165) is 6.07 Å². The van der Waals surface area contributed by atoms with E-state index in [-0.39, 0.29) is 16.2 Å². The topological polar surface area (TPSA) is 18.5 Å². The van der Waals surface area contributed by atoms with Crippen LogP contribution in [0.2, 0.25) is 0 Å². The SMILES string of the molecule is CCOP(Cc1cc(F)c(Br)cc1F)OCC. The Morgan fingerprint density at radius 3 is 2.24 bits per heavy atom. The van der Waals surface area contributed by atoms with E-state index < -0.39 is 20.0 Å². The summed E-state index contributed by atoms with van der Waals surface area (Å²) in [6.45, 7) is 4.67. The fourth-order valence-electron chi connectivity index (χ4n) is 1.24. The van der Waals surface area contributed by atoms with Gasteiger partial charge < -0.3 is 9.05 Å². The van der Waals surface area contributed by atoms with Gasteiger partial charge in [0, 0.05) is 6.16 Å². The lowest BCUT2D eigenvalue weighted by atomic mass is 10.2. The van der Waals surface area contributed by atoms with Gasteiger partial charge in [-0.1, -0.05) is 0 Å². The monoisotopic (exact) mass is 326 g/mol. The lowest BCUT2D eigenvalue weighted by Gasteiger charge is -2.16. The molecule has 0 atom stereocenters. The van der Waals surface area contributed by atoms with Crippen molar-refractivity contribution in [1.29, 1.82) is 0 Å². The molecule has 0 bridgehead atoms. The summed E-state index contributed by atoms with van der Waals surface area (Å²) in [7, 11) is -1.20. The summed E-state index contributed by atoms with van der Waals surface area (Å²) in [5, 5.41) is 0. The molecule has 0 aliphatic heterocycles. The molecule has 1 aromatic rings. The van der Waals surface area contributed by atoms with E-state index in [9.17, 15) is 8.78 Å². The van der Waals surface area contributed by atoms with Gasteiger partial charge in [-0.3, -0.25) is 0 Å². The third-order valence-electron chi connectivity index (χ3n) is 1.93. The highest BCUT2D eigenvalue weighted by Crippen LogP contribution is 2.42. The van der Waals surface area contributed by atoms with Gasteiger partial charge in [-0.2, -0.15) is 0 Å². The third-order valence-corrected chi connectivity index (χ3v) is 4.23. The predicted molar refractivity (Wildman–Crippen MR) is 67.9 cm³/mol. The van der Waals surface area contributed by atoms with Crippen molar-refractivity contribution in [2.24, 2.45) is 0 Å². The average Bonchev–Trinajstić information content (AvgIpc) is 2.26. The molecule has 0 saturated heterocycles. The quantitative estimate of drug-likeness (QED) is 0.561. The molecule has 0 fully saturated rings. The highest BCUT2D eigenvalue weighted by Gasteiger charge is 2.15. The lowest BCUT2D eigenvalue weighted by Crippen LogP contribution is -1.97. The summed E-state index contributed by atoms with van der Waals surface area (Å²) in [4.78, 5) is 0. The minimum Gasteiger partial charge on any atom is -0.334 e. The normalized spacial score (nSPS) is 11.2. The van der Waals surface area contributed by atoms with E-state index in [4.69, 9.17) is 9.05 Å². The molecule has 0 unspecified atom stereocenters. The smallest absolute Gasteiger partial charge is 0.175 e. The molecule has 0 radical (unpaired) electrons. The predicted octanol–water partition coefficient (Wildman–Crippen LogP) is 4.61. The van der Waals surface area contributed by atoms with Crippen molar-refractivity contribution >= 4 is 24.3 Å². The van der Waals surface area contributed by atoms with Crippen LogP contribution in [0.25, 0.3) is 0 Å². The third kappa shape index (κ3) is 4.59. The molecule has 0 spiro atoms. The first kappa shape index (κ1) is 15.0. The molecule has 0 aromatic heterocycles. The second kappa shape index (κ2) is 7.37. The number of halogens is 3. The average molecular weight is 327 g/mol. The van der Waals surface area contributed by atoms with Crippen LogP contribution in [0.5, 0.6) is 0 Å². The van der Waals surface area contributed by atoms with Crippen LogP contribution in [0, 0.1) is 11.6 Å². The molecule has 0 aliphatic carbocycles. The van der Waals surface area contributed by atoms with Gasteiger partial charge in [0.25, 0.3) is 0 Å². The van der Waals surface area contributed by atoms with Crippen LogP contribution in [0.4, 0.5) is 8.78 Å². The van der Waals surface area contributed by atoms with Gasteiger partial charge in [0.15, 0.2) is 8.38 Å². The Balaban J connectivity index is 2.81. The lowest BCUT2D eigenvalue weighted by molar-refractivity contribution is 0.268. The fourth-order valence-corrected chi connectivity index (χ4v) is 2.91. The van der Waals surface area contributed by atoms with Gasteiger partial charge in [0.05, 0.1) is 17.7 Å². The van der Waals surface area contributed by atoms with Gasteiger partial charge in [-0.15, -0.1) is 0 Å². The number of benzene rings is 1. The van der Waals surface area contributed by atoms with Crippen molar-refractivity contribution in [3.8, 4) is 0 Å². The van der Waals surface area contributed by atoms with E-state index >= 15 is 0 Å². The van der Waals surface area contributed by atoms with Crippen LogP contribution in [-0.4, -0.2) is 13.2 Å². The second-order valence-corrected chi connectivity index (χ2v) is 5.54. The minimum atomic E-state index is -1.20. The maximum absolute atomic E-state index is 13.6. The highest BCUT2D eigenvalue weighted by molar-refractivity contribution is 9.10. The van der Waals surface area contributed by atoms with Gasteiger partial charge in [0.1, 0.15) is 11.6 Å². The van der Waals surface area contributed by atoms with Crippen molar-refractivity contribution in [3.05, 3.63) is 33.8 Å². The Morgan fingerprint density at radius 1 is 1.12 bits per heavy atom. The van der Waals surface area contributed by atoms with Gasteiger partial charge in [0.2, 0.25) is 0 Å². The minimum absolute atomic E-state index is 0.121. The largest absolute Gasteiger partial charge is 0.334 e. The molecule has 0 amide bonds. The van der Waals surface area contributed by atoms with E-state index in [2.05, 4.69) is 15.9 Å². The van der Waals surface area contributed by atoms with E-state index in [0.29, 0.717) is 13.2 Å². The van der Waals surface area contributed by atoms with Crippen LogP contribution in [0.1, 0.15) is 19.4 Å². The van der Waals surface area contributed by atoms with Gasteiger partial charge in [-0.05, 0) is 47.5 Å². The standard InChI is InChI=1S/C11H14BrF2O2P/c1-3-15-17(16-4-2)7-8-5-11(14)9(12)6-10(8)13/h5-6H,3-4,7H2,1-2H3.